The molecule has 1 aliphatic rings. The molecule has 1 fully saturated rings. The van der Waals surface area contributed by atoms with Crippen molar-refractivity contribution < 1.29 is 17.9 Å². The molecule has 0 aliphatic heterocycles. The molecular formula is C29H27BrF3N7O2. The molecule has 13 heteroatoms. The molecule has 218 valence electrons. The molecule has 0 atom stereocenters. The summed E-state index contributed by atoms with van der Waals surface area (Å²) in [5.41, 5.74) is 2.14. The molecule has 0 radical (unpaired) electrons. The Balaban J connectivity index is 0.00000173. The first-order valence-electron chi connectivity index (χ1n) is 13.3. The molecule has 4 heterocycles. The minimum atomic E-state index is -4.53. The number of aromatic nitrogens is 7. The molecule has 9 nitrogen and oxygen atoms in total. The summed E-state index contributed by atoms with van der Waals surface area (Å²) in [6.45, 7) is 5.72. The molecule has 1 aliphatic carbocycles. The number of halogens is 4. The van der Waals surface area contributed by atoms with Crippen molar-refractivity contribution in [3.05, 3.63) is 86.4 Å². The van der Waals surface area contributed by atoms with E-state index >= 15 is 0 Å². The van der Waals surface area contributed by atoms with Gasteiger partial charge in [-0.1, -0.05) is 26.0 Å². The van der Waals surface area contributed by atoms with Crippen molar-refractivity contribution in [2.24, 2.45) is 0 Å². The topological polar surface area (TPSA) is 101 Å². The summed E-state index contributed by atoms with van der Waals surface area (Å²) in [6.07, 6.45) is 0.578. The van der Waals surface area contributed by atoms with Crippen molar-refractivity contribution in [1.29, 1.82) is 0 Å². The lowest BCUT2D eigenvalue weighted by atomic mass is 10.1. The number of nitrogens with zero attached hydrogens (tertiary/aromatic N) is 7. The third-order valence-electron chi connectivity index (χ3n) is 6.71. The minimum absolute atomic E-state index is 0.162. The zero-order valence-corrected chi connectivity index (χ0v) is 24.9. The lowest BCUT2D eigenvalue weighted by Crippen LogP contribution is -2.23. The van der Waals surface area contributed by atoms with E-state index in [-0.39, 0.29) is 18.0 Å². The van der Waals surface area contributed by atoms with Gasteiger partial charge >= 0.3 is 6.18 Å². The Morgan fingerprint density at radius 2 is 1.79 bits per heavy atom. The van der Waals surface area contributed by atoms with Gasteiger partial charge < -0.3 is 4.74 Å². The highest BCUT2D eigenvalue weighted by atomic mass is 79.9. The van der Waals surface area contributed by atoms with Crippen molar-refractivity contribution in [2.75, 3.05) is 7.11 Å². The summed E-state index contributed by atoms with van der Waals surface area (Å²) in [5, 5.41) is 4.34. The number of rotatable bonds is 6. The molecule has 0 N–H and O–H groups in total. The van der Waals surface area contributed by atoms with Gasteiger partial charge in [0.05, 0.1) is 29.5 Å². The summed E-state index contributed by atoms with van der Waals surface area (Å²) < 4.78 is 47.9. The fraction of sp³-hybridized carbons (Fsp3) is 0.310. The van der Waals surface area contributed by atoms with Gasteiger partial charge in [-0.25, -0.2) is 24.6 Å². The predicted octanol–water partition coefficient (Wildman–Crippen LogP) is 6.48. The summed E-state index contributed by atoms with van der Waals surface area (Å²) in [4.78, 5) is 31.3. The Morgan fingerprint density at radius 3 is 2.40 bits per heavy atom. The third kappa shape index (κ3) is 5.65. The van der Waals surface area contributed by atoms with Crippen LogP contribution >= 0.6 is 15.9 Å². The minimum Gasteiger partial charge on any atom is -0.480 e. The van der Waals surface area contributed by atoms with Gasteiger partial charge in [0.25, 0.3) is 5.56 Å². The normalized spacial score (nSPS) is 13.1. The highest BCUT2D eigenvalue weighted by molar-refractivity contribution is 9.10. The quantitative estimate of drug-likeness (QED) is 0.209. The van der Waals surface area contributed by atoms with E-state index in [1.165, 1.54) is 22.7 Å². The number of alkyl halides is 3. The van der Waals surface area contributed by atoms with Crippen molar-refractivity contribution >= 4 is 27.0 Å². The summed E-state index contributed by atoms with van der Waals surface area (Å²) >= 11 is 3.34. The number of hydrogen-bond donors (Lipinski definition) is 0. The van der Waals surface area contributed by atoms with E-state index in [2.05, 4.69) is 36.0 Å². The Kier molecular flexibility index (Phi) is 8.13. The first-order valence-corrected chi connectivity index (χ1v) is 14.1. The van der Waals surface area contributed by atoms with Crippen LogP contribution in [-0.4, -0.2) is 41.4 Å². The first kappa shape index (κ1) is 29.4. The lowest BCUT2D eigenvalue weighted by Gasteiger charge is -2.14. The van der Waals surface area contributed by atoms with Crippen molar-refractivity contribution in [3.8, 4) is 23.0 Å². The van der Waals surface area contributed by atoms with Gasteiger partial charge in [-0.2, -0.15) is 18.3 Å². The second-order valence-corrected chi connectivity index (χ2v) is 10.4. The summed E-state index contributed by atoms with van der Waals surface area (Å²) in [7, 11) is 1.52. The SMILES string of the molecule is CC.COc1ncnc(C2CC2)c1-c1ncc2cc(Br)c(=O)n(Cc3ccc(-n4nc(C(F)(F)F)cc4C)cc3)c2n1. The fourth-order valence-corrected chi connectivity index (χ4v) is 5.06. The molecule has 0 saturated heterocycles. The molecular weight excluding hydrogens is 615 g/mol. The van der Waals surface area contributed by atoms with Crippen LogP contribution in [0.2, 0.25) is 0 Å². The standard InChI is InChI=1S/C27H21BrF3N7O2.C2H6/c1-14-9-20(27(29,30)31)36-38(14)18-7-3-15(4-8-18)12-37-24-17(10-19(28)26(37)39)11-32-23(35-24)21-22(16-5-6-16)33-13-34-25(21)40-2;1-2/h3-4,7-11,13,16H,5-6,12H2,1-2H3;1-2H3. The summed E-state index contributed by atoms with van der Waals surface area (Å²) in [6, 6.07) is 9.47. The van der Waals surface area contributed by atoms with Crippen molar-refractivity contribution in [1.82, 2.24) is 34.3 Å². The second kappa shape index (κ2) is 11.6. The van der Waals surface area contributed by atoms with E-state index in [4.69, 9.17) is 9.72 Å². The van der Waals surface area contributed by atoms with E-state index in [0.717, 1.165) is 30.2 Å². The highest BCUT2D eigenvalue weighted by Gasteiger charge is 2.34. The van der Waals surface area contributed by atoms with Crippen LogP contribution in [0.15, 0.2) is 58.2 Å². The zero-order valence-electron chi connectivity index (χ0n) is 23.3. The number of ether oxygens (including phenoxy) is 1. The van der Waals surface area contributed by atoms with Gasteiger partial charge in [0.1, 0.15) is 17.5 Å². The van der Waals surface area contributed by atoms with Crippen LogP contribution in [0.5, 0.6) is 5.88 Å². The molecule has 0 spiro atoms. The van der Waals surface area contributed by atoms with Crippen LogP contribution in [0.25, 0.3) is 28.1 Å². The molecule has 4 aromatic heterocycles. The number of fused-ring (bicyclic) bond motifs is 1. The van der Waals surface area contributed by atoms with Gasteiger partial charge in [-0.3, -0.25) is 9.36 Å². The molecule has 0 amide bonds. The number of methoxy groups -OCH3 is 1. The lowest BCUT2D eigenvalue weighted by molar-refractivity contribution is -0.141. The van der Waals surface area contributed by atoms with E-state index in [1.54, 1.807) is 43.5 Å². The van der Waals surface area contributed by atoms with E-state index in [9.17, 15) is 18.0 Å². The van der Waals surface area contributed by atoms with Crippen molar-refractivity contribution in [2.45, 2.75) is 52.3 Å². The van der Waals surface area contributed by atoms with Gasteiger partial charge in [0.15, 0.2) is 11.5 Å². The van der Waals surface area contributed by atoms with Crippen LogP contribution in [0, 0.1) is 6.92 Å². The zero-order chi connectivity index (χ0) is 30.2. The van der Waals surface area contributed by atoms with Gasteiger partial charge in [0.2, 0.25) is 5.88 Å². The van der Waals surface area contributed by atoms with Crippen molar-refractivity contribution in [3.63, 3.8) is 0 Å². The maximum Gasteiger partial charge on any atom is 0.435 e. The molecule has 1 aromatic carbocycles. The average molecular weight is 642 g/mol. The average Bonchev–Trinajstić information content (AvgIpc) is 3.76. The Morgan fingerprint density at radius 1 is 1.07 bits per heavy atom. The maximum atomic E-state index is 13.3. The maximum absolute atomic E-state index is 13.3. The largest absolute Gasteiger partial charge is 0.480 e. The second-order valence-electron chi connectivity index (χ2n) is 9.52. The molecule has 42 heavy (non-hydrogen) atoms. The van der Waals surface area contributed by atoms with Crippen LogP contribution in [0.1, 0.15) is 55.3 Å². The van der Waals surface area contributed by atoms with Gasteiger partial charge in [0, 0.05) is 23.2 Å². The van der Waals surface area contributed by atoms with Crippen LogP contribution < -0.4 is 10.3 Å². The fourth-order valence-electron chi connectivity index (χ4n) is 4.60. The van der Waals surface area contributed by atoms with Crippen LogP contribution in [0.4, 0.5) is 13.2 Å². The van der Waals surface area contributed by atoms with Crippen LogP contribution in [-0.2, 0) is 12.7 Å². The predicted molar refractivity (Wildman–Crippen MR) is 155 cm³/mol. The molecule has 1 saturated carbocycles. The van der Waals surface area contributed by atoms with Gasteiger partial charge in [-0.05, 0) is 65.5 Å². The highest BCUT2D eigenvalue weighted by Crippen LogP contribution is 2.44. The van der Waals surface area contributed by atoms with E-state index < -0.39 is 11.9 Å². The molecule has 0 unspecified atom stereocenters. The first-order chi connectivity index (χ1) is 20.1. The Labute approximate surface area is 247 Å². The third-order valence-corrected chi connectivity index (χ3v) is 7.27. The van der Waals surface area contributed by atoms with E-state index in [0.29, 0.717) is 44.2 Å². The smallest absolute Gasteiger partial charge is 0.435 e. The monoisotopic (exact) mass is 641 g/mol. The number of benzene rings is 1. The van der Waals surface area contributed by atoms with Crippen LogP contribution in [0.3, 0.4) is 0 Å². The Bertz CT molecular complexity index is 1810. The molecule has 6 rings (SSSR count). The number of pyridine rings is 1. The van der Waals surface area contributed by atoms with Gasteiger partial charge in [-0.15, -0.1) is 0 Å². The summed E-state index contributed by atoms with van der Waals surface area (Å²) in [5.74, 6) is 0.996. The molecule has 5 aromatic rings. The number of hydrogen-bond acceptors (Lipinski definition) is 7. The van der Waals surface area contributed by atoms with E-state index in [1.807, 2.05) is 13.8 Å². The number of aryl methyl sites for hydroxylation is 1. The molecule has 0 bridgehead atoms. The Hall–Kier alpha value is -4.13.